The number of anilines is 2. The Labute approximate surface area is 187 Å². The van der Waals surface area contributed by atoms with E-state index in [4.69, 9.17) is 4.42 Å². The quantitative estimate of drug-likeness (QED) is 0.442. The highest BCUT2D eigenvalue weighted by Gasteiger charge is 2.06. The van der Waals surface area contributed by atoms with Crippen LogP contribution in [-0.2, 0) is 18.7 Å². The zero-order valence-electron chi connectivity index (χ0n) is 18.6. The Morgan fingerprint density at radius 3 is 2.48 bits per heavy atom. The van der Waals surface area contributed by atoms with Gasteiger partial charge in [-0.15, -0.1) is 0 Å². The average Bonchev–Trinajstić information content (AvgIpc) is 3.16. The summed E-state index contributed by atoms with van der Waals surface area (Å²) in [5.41, 5.74) is 2.77. The predicted molar refractivity (Wildman–Crippen MR) is 129 cm³/mol. The van der Waals surface area contributed by atoms with Crippen LogP contribution in [0.25, 0.3) is 0 Å². The number of rotatable bonds is 11. The third kappa shape index (κ3) is 7.18. The van der Waals surface area contributed by atoms with Crippen molar-refractivity contribution in [3.8, 4) is 0 Å². The second-order valence-electron chi connectivity index (χ2n) is 7.91. The molecule has 1 aromatic carbocycles. The maximum absolute atomic E-state index is 12.4. The minimum atomic E-state index is -0.106. The molecule has 0 unspecified atom stereocenters. The van der Waals surface area contributed by atoms with Crippen LogP contribution >= 0.6 is 11.8 Å². The summed E-state index contributed by atoms with van der Waals surface area (Å²) in [5, 5.41) is 3.18. The van der Waals surface area contributed by atoms with Crippen molar-refractivity contribution in [1.29, 1.82) is 0 Å². The smallest absolute Gasteiger partial charge is 0.255 e. The van der Waals surface area contributed by atoms with Crippen LogP contribution in [0.4, 0.5) is 11.6 Å². The Balaban J connectivity index is 1.43. The van der Waals surface area contributed by atoms with Crippen LogP contribution in [0.1, 0.15) is 22.6 Å². The fourth-order valence-corrected chi connectivity index (χ4v) is 3.83. The van der Waals surface area contributed by atoms with Gasteiger partial charge in [-0.1, -0.05) is 12.1 Å². The van der Waals surface area contributed by atoms with Gasteiger partial charge in [0.15, 0.2) is 0 Å². The number of aromatic amines is 1. The van der Waals surface area contributed by atoms with E-state index < -0.39 is 0 Å². The lowest BCUT2D eigenvalue weighted by Crippen LogP contribution is -2.18. The van der Waals surface area contributed by atoms with Gasteiger partial charge in [0.1, 0.15) is 11.5 Å². The lowest BCUT2D eigenvalue weighted by molar-refractivity contribution is 0.344. The largest absolute Gasteiger partial charge is 0.464 e. The van der Waals surface area contributed by atoms with Crippen molar-refractivity contribution in [2.75, 3.05) is 50.7 Å². The number of aromatic nitrogens is 2. The van der Waals surface area contributed by atoms with Gasteiger partial charge in [0, 0.05) is 50.3 Å². The van der Waals surface area contributed by atoms with Crippen LogP contribution in [0, 0.1) is 0 Å². The van der Waals surface area contributed by atoms with Gasteiger partial charge in [-0.3, -0.25) is 9.78 Å². The summed E-state index contributed by atoms with van der Waals surface area (Å²) in [4.78, 5) is 23.7. The van der Waals surface area contributed by atoms with E-state index in [9.17, 15) is 4.79 Å². The monoisotopic (exact) mass is 441 g/mol. The fourth-order valence-electron chi connectivity index (χ4n) is 3.08. The number of hydrogen-bond donors (Lipinski definition) is 2. The van der Waals surface area contributed by atoms with Gasteiger partial charge in [0.25, 0.3) is 5.56 Å². The third-order valence-corrected chi connectivity index (χ3v) is 5.67. The summed E-state index contributed by atoms with van der Waals surface area (Å²) >= 11 is 1.78. The standard InChI is InChI=1S/C23H31N5O2S/c1-27(2)15-20-9-10-21(30-20)16-31-12-11-24-23-25-14-18(22(29)26-23)13-17-5-7-19(8-6-17)28(3)4/h5-10,14H,11-13,15-16H2,1-4H3,(H2,24,25,26,29). The normalized spacial score (nSPS) is 11.1. The van der Waals surface area contributed by atoms with Gasteiger partial charge >= 0.3 is 0 Å². The highest BCUT2D eigenvalue weighted by atomic mass is 32.2. The van der Waals surface area contributed by atoms with Crippen LogP contribution in [0.2, 0.25) is 0 Å². The Bertz CT molecular complexity index is 1010. The summed E-state index contributed by atoms with van der Waals surface area (Å²) in [6.07, 6.45) is 2.22. The van der Waals surface area contributed by atoms with Crippen molar-refractivity contribution in [2.45, 2.75) is 18.7 Å². The minimum absolute atomic E-state index is 0.106. The Morgan fingerprint density at radius 1 is 1.06 bits per heavy atom. The van der Waals surface area contributed by atoms with E-state index in [0.29, 0.717) is 24.5 Å². The van der Waals surface area contributed by atoms with Crippen LogP contribution in [-0.4, -0.2) is 55.4 Å². The van der Waals surface area contributed by atoms with E-state index >= 15 is 0 Å². The van der Waals surface area contributed by atoms with Crippen LogP contribution < -0.4 is 15.8 Å². The number of hydrogen-bond acceptors (Lipinski definition) is 7. The summed E-state index contributed by atoms with van der Waals surface area (Å²) in [6.45, 7) is 1.52. The third-order valence-electron chi connectivity index (χ3n) is 4.69. The maximum Gasteiger partial charge on any atom is 0.255 e. The molecule has 0 aliphatic carbocycles. The molecule has 3 rings (SSSR count). The first-order valence-corrected chi connectivity index (χ1v) is 11.4. The van der Waals surface area contributed by atoms with E-state index in [-0.39, 0.29) is 5.56 Å². The molecule has 0 aliphatic heterocycles. The molecule has 3 aromatic rings. The van der Waals surface area contributed by atoms with E-state index in [1.807, 2.05) is 57.4 Å². The zero-order chi connectivity index (χ0) is 22.2. The van der Waals surface area contributed by atoms with Crippen LogP contribution in [0.3, 0.4) is 0 Å². The number of thioether (sulfide) groups is 1. The van der Waals surface area contributed by atoms with Crippen molar-refractivity contribution in [3.05, 3.63) is 75.6 Å². The molecule has 0 aliphatic rings. The highest BCUT2D eigenvalue weighted by Crippen LogP contribution is 2.16. The fraction of sp³-hybridized carbons (Fsp3) is 0.391. The lowest BCUT2D eigenvalue weighted by atomic mass is 10.1. The average molecular weight is 442 g/mol. The first-order chi connectivity index (χ1) is 14.9. The molecule has 0 saturated carbocycles. The SMILES string of the molecule is CN(C)Cc1ccc(CSCCNc2ncc(Cc3ccc(N(C)C)cc3)c(=O)[nH]2)o1. The topological polar surface area (TPSA) is 77.4 Å². The van der Waals surface area contributed by atoms with Gasteiger partial charge in [0.2, 0.25) is 5.95 Å². The van der Waals surface area contributed by atoms with Gasteiger partial charge in [-0.2, -0.15) is 11.8 Å². The van der Waals surface area contributed by atoms with E-state index in [0.717, 1.165) is 40.8 Å². The van der Waals surface area contributed by atoms with E-state index in [2.05, 4.69) is 32.3 Å². The maximum atomic E-state index is 12.4. The molecule has 0 fully saturated rings. The molecule has 8 heteroatoms. The number of H-pyrrole nitrogens is 1. The summed E-state index contributed by atoms with van der Waals surface area (Å²) < 4.78 is 5.81. The molecular weight excluding hydrogens is 410 g/mol. The molecule has 0 saturated heterocycles. The summed E-state index contributed by atoms with van der Waals surface area (Å²) in [5.74, 6) is 4.17. The van der Waals surface area contributed by atoms with Gasteiger partial charge in [0.05, 0.1) is 12.3 Å². The van der Waals surface area contributed by atoms with Crippen LogP contribution in [0.15, 0.2) is 51.8 Å². The Morgan fingerprint density at radius 2 is 1.81 bits per heavy atom. The number of benzene rings is 1. The van der Waals surface area contributed by atoms with E-state index in [1.165, 1.54) is 0 Å². The first-order valence-electron chi connectivity index (χ1n) is 10.3. The molecule has 7 nitrogen and oxygen atoms in total. The highest BCUT2D eigenvalue weighted by molar-refractivity contribution is 7.98. The van der Waals surface area contributed by atoms with Crippen molar-refractivity contribution < 1.29 is 4.42 Å². The molecular formula is C23H31N5O2S. The van der Waals surface area contributed by atoms with Crippen molar-refractivity contribution in [3.63, 3.8) is 0 Å². The van der Waals surface area contributed by atoms with Crippen LogP contribution in [0.5, 0.6) is 0 Å². The van der Waals surface area contributed by atoms with Gasteiger partial charge in [-0.25, -0.2) is 4.98 Å². The molecule has 0 spiro atoms. The zero-order valence-corrected chi connectivity index (χ0v) is 19.5. The lowest BCUT2D eigenvalue weighted by Gasteiger charge is -2.12. The molecule has 31 heavy (non-hydrogen) atoms. The molecule has 2 heterocycles. The van der Waals surface area contributed by atoms with Gasteiger partial charge < -0.3 is 19.5 Å². The molecule has 2 N–H and O–H groups in total. The number of furan rings is 1. The summed E-state index contributed by atoms with van der Waals surface area (Å²) in [6, 6.07) is 12.2. The Kier molecular flexibility index (Phi) is 8.20. The van der Waals surface area contributed by atoms with Gasteiger partial charge in [-0.05, 0) is 43.9 Å². The number of nitrogens with zero attached hydrogens (tertiary/aromatic N) is 3. The molecule has 0 amide bonds. The van der Waals surface area contributed by atoms with Crippen molar-refractivity contribution in [1.82, 2.24) is 14.9 Å². The van der Waals surface area contributed by atoms with Crippen molar-refractivity contribution >= 4 is 23.4 Å². The van der Waals surface area contributed by atoms with E-state index in [1.54, 1.807) is 18.0 Å². The summed E-state index contributed by atoms with van der Waals surface area (Å²) in [7, 11) is 8.06. The number of nitrogens with one attached hydrogen (secondary N) is 2. The second kappa shape index (κ2) is 11.1. The second-order valence-corrected chi connectivity index (χ2v) is 9.01. The molecule has 166 valence electrons. The molecule has 0 radical (unpaired) electrons. The Hall–Kier alpha value is -2.71. The van der Waals surface area contributed by atoms with Crippen molar-refractivity contribution in [2.24, 2.45) is 0 Å². The molecule has 0 bridgehead atoms. The molecule has 2 aromatic heterocycles. The predicted octanol–water partition coefficient (Wildman–Crippen LogP) is 3.43. The first kappa shape index (κ1) is 23.0. The molecule has 0 atom stereocenters. The minimum Gasteiger partial charge on any atom is -0.464 e.